The number of rotatable bonds is 7. The van der Waals surface area contributed by atoms with Crippen LogP contribution in [0.2, 0.25) is 0 Å². The van der Waals surface area contributed by atoms with E-state index in [1.54, 1.807) is 7.11 Å². The monoisotopic (exact) mass is 312 g/mol. The number of primary amides is 1. The second-order valence-corrected chi connectivity index (χ2v) is 5.14. The average molecular weight is 312 g/mol. The van der Waals surface area contributed by atoms with Crippen LogP contribution in [0.4, 0.5) is 0 Å². The number of para-hydroxylation sites is 1. The SMILES string of the molecule is COc1ccccc1-c1ccc(CNC(=O)CCC(N)=O)cc1. The summed E-state index contributed by atoms with van der Waals surface area (Å²) in [5, 5.41) is 2.76. The molecule has 120 valence electrons. The first-order chi connectivity index (χ1) is 11.1. The van der Waals surface area contributed by atoms with Gasteiger partial charge in [0, 0.05) is 24.9 Å². The van der Waals surface area contributed by atoms with Gasteiger partial charge in [-0.25, -0.2) is 0 Å². The number of hydrogen-bond acceptors (Lipinski definition) is 3. The van der Waals surface area contributed by atoms with Crippen molar-refractivity contribution in [2.75, 3.05) is 7.11 Å². The summed E-state index contributed by atoms with van der Waals surface area (Å²) in [5.74, 6) is 0.166. The first kappa shape index (κ1) is 16.5. The molecule has 0 bridgehead atoms. The largest absolute Gasteiger partial charge is 0.496 e. The Balaban J connectivity index is 1.97. The quantitative estimate of drug-likeness (QED) is 0.822. The Labute approximate surface area is 135 Å². The van der Waals surface area contributed by atoms with Gasteiger partial charge in [-0.2, -0.15) is 0 Å². The minimum absolute atomic E-state index is 0.0680. The third-order valence-electron chi connectivity index (χ3n) is 3.46. The van der Waals surface area contributed by atoms with Crippen LogP contribution in [0.5, 0.6) is 5.75 Å². The van der Waals surface area contributed by atoms with E-state index in [1.807, 2.05) is 48.5 Å². The Morgan fingerprint density at radius 2 is 1.74 bits per heavy atom. The zero-order valence-electron chi connectivity index (χ0n) is 13.0. The standard InChI is InChI=1S/C18H20N2O3/c1-23-16-5-3-2-4-15(16)14-8-6-13(7-9-14)12-20-18(22)11-10-17(19)21/h2-9H,10-12H2,1H3,(H2,19,21)(H,20,22). The van der Waals surface area contributed by atoms with Crippen molar-refractivity contribution in [1.29, 1.82) is 0 Å². The third-order valence-corrected chi connectivity index (χ3v) is 3.46. The molecule has 0 heterocycles. The van der Waals surface area contributed by atoms with Crippen LogP contribution in [0, 0.1) is 0 Å². The van der Waals surface area contributed by atoms with Crippen LogP contribution >= 0.6 is 0 Å². The topological polar surface area (TPSA) is 81.4 Å². The first-order valence-corrected chi connectivity index (χ1v) is 7.37. The second kappa shape index (κ2) is 7.98. The number of carbonyl (C=O) groups is 2. The van der Waals surface area contributed by atoms with Crippen molar-refractivity contribution in [3.63, 3.8) is 0 Å². The van der Waals surface area contributed by atoms with E-state index in [0.717, 1.165) is 22.4 Å². The summed E-state index contributed by atoms with van der Waals surface area (Å²) in [4.78, 5) is 22.2. The number of ether oxygens (including phenoxy) is 1. The van der Waals surface area contributed by atoms with Crippen LogP contribution in [0.25, 0.3) is 11.1 Å². The Hall–Kier alpha value is -2.82. The van der Waals surface area contributed by atoms with Gasteiger partial charge in [0.25, 0.3) is 0 Å². The lowest BCUT2D eigenvalue weighted by molar-refractivity contribution is -0.125. The highest BCUT2D eigenvalue weighted by molar-refractivity contribution is 5.82. The molecule has 0 saturated carbocycles. The van der Waals surface area contributed by atoms with Gasteiger partial charge in [0.1, 0.15) is 5.75 Å². The summed E-state index contributed by atoms with van der Waals surface area (Å²) in [6, 6.07) is 15.7. The van der Waals surface area contributed by atoms with Gasteiger partial charge < -0.3 is 15.8 Å². The molecule has 2 aromatic carbocycles. The lowest BCUT2D eigenvalue weighted by Crippen LogP contribution is -2.24. The van der Waals surface area contributed by atoms with Crippen LogP contribution in [-0.2, 0) is 16.1 Å². The fourth-order valence-electron chi connectivity index (χ4n) is 2.21. The highest BCUT2D eigenvalue weighted by Gasteiger charge is 2.06. The van der Waals surface area contributed by atoms with Gasteiger partial charge in [0.2, 0.25) is 11.8 Å². The molecular formula is C18H20N2O3. The summed E-state index contributed by atoms with van der Waals surface area (Å²) in [6.07, 6.45) is 0.188. The number of benzene rings is 2. The molecule has 3 N–H and O–H groups in total. The normalized spacial score (nSPS) is 10.1. The van der Waals surface area contributed by atoms with Gasteiger partial charge in [-0.3, -0.25) is 9.59 Å². The van der Waals surface area contributed by atoms with Gasteiger partial charge in [0.15, 0.2) is 0 Å². The molecular weight excluding hydrogens is 292 g/mol. The van der Waals surface area contributed by atoms with E-state index in [-0.39, 0.29) is 18.7 Å². The molecule has 0 spiro atoms. The van der Waals surface area contributed by atoms with Crippen molar-refractivity contribution in [3.05, 3.63) is 54.1 Å². The highest BCUT2D eigenvalue weighted by atomic mass is 16.5. The molecule has 23 heavy (non-hydrogen) atoms. The number of methoxy groups -OCH3 is 1. The lowest BCUT2D eigenvalue weighted by atomic mass is 10.0. The molecule has 0 fully saturated rings. The molecule has 0 radical (unpaired) electrons. The molecule has 5 nitrogen and oxygen atoms in total. The molecule has 0 aromatic heterocycles. The van der Waals surface area contributed by atoms with Crippen molar-refractivity contribution in [2.45, 2.75) is 19.4 Å². The van der Waals surface area contributed by atoms with E-state index >= 15 is 0 Å². The molecule has 0 aliphatic carbocycles. The van der Waals surface area contributed by atoms with Crippen molar-refractivity contribution in [2.24, 2.45) is 5.73 Å². The van der Waals surface area contributed by atoms with Crippen LogP contribution in [-0.4, -0.2) is 18.9 Å². The highest BCUT2D eigenvalue weighted by Crippen LogP contribution is 2.29. The summed E-state index contributed by atoms with van der Waals surface area (Å²) >= 11 is 0. The number of hydrogen-bond donors (Lipinski definition) is 2. The fraction of sp³-hybridized carbons (Fsp3) is 0.222. The van der Waals surface area contributed by atoms with Crippen molar-refractivity contribution in [3.8, 4) is 16.9 Å². The average Bonchev–Trinajstić information content (AvgIpc) is 2.58. The Morgan fingerprint density at radius 3 is 2.39 bits per heavy atom. The number of carbonyl (C=O) groups excluding carboxylic acids is 2. The van der Waals surface area contributed by atoms with Gasteiger partial charge in [-0.1, -0.05) is 42.5 Å². The third kappa shape index (κ3) is 4.85. The predicted octanol–water partition coefficient (Wildman–Crippen LogP) is 2.24. The van der Waals surface area contributed by atoms with E-state index < -0.39 is 5.91 Å². The smallest absolute Gasteiger partial charge is 0.220 e. The number of nitrogens with one attached hydrogen (secondary N) is 1. The van der Waals surface area contributed by atoms with Crippen LogP contribution in [0.1, 0.15) is 18.4 Å². The molecule has 0 saturated heterocycles. The molecule has 0 aliphatic rings. The first-order valence-electron chi connectivity index (χ1n) is 7.37. The number of amides is 2. The van der Waals surface area contributed by atoms with Crippen LogP contribution in [0.3, 0.4) is 0 Å². The minimum atomic E-state index is -0.471. The van der Waals surface area contributed by atoms with E-state index in [9.17, 15) is 9.59 Å². The van der Waals surface area contributed by atoms with Gasteiger partial charge in [-0.05, 0) is 17.2 Å². The predicted molar refractivity (Wildman–Crippen MR) is 88.7 cm³/mol. The molecule has 2 amide bonds. The molecule has 0 unspecified atom stereocenters. The van der Waals surface area contributed by atoms with Crippen molar-refractivity contribution < 1.29 is 14.3 Å². The maximum absolute atomic E-state index is 11.6. The fourth-order valence-corrected chi connectivity index (χ4v) is 2.21. The summed E-state index contributed by atoms with van der Waals surface area (Å²) in [7, 11) is 1.65. The second-order valence-electron chi connectivity index (χ2n) is 5.14. The number of nitrogens with two attached hydrogens (primary N) is 1. The zero-order chi connectivity index (χ0) is 16.7. The van der Waals surface area contributed by atoms with E-state index in [1.165, 1.54) is 0 Å². The molecule has 2 rings (SSSR count). The maximum Gasteiger partial charge on any atom is 0.220 e. The Kier molecular flexibility index (Phi) is 5.74. The molecule has 0 atom stereocenters. The van der Waals surface area contributed by atoms with Crippen molar-refractivity contribution in [1.82, 2.24) is 5.32 Å². The zero-order valence-corrected chi connectivity index (χ0v) is 13.0. The van der Waals surface area contributed by atoms with Gasteiger partial charge in [-0.15, -0.1) is 0 Å². The summed E-state index contributed by atoms with van der Waals surface area (Å²) in [5.41, 5.74) is 8.06. The maximum atomic E-state index is 11.6. The van der Waals surface area contributed by atoms with Crippen molar-refractivity contribution >= 4 is 11.8 Å². The minimum Gasteiger partial charge on any atom is -0.496 e. The van der Waals surface area contributed by atoms with E-state index in [0.29, 0.717) is 6.54 Å². The molecule has 0 aliphatic heterocycles. The molecule has 2 aromatic rings. The van der Waals surface area contributed by atoms with E-state index in [4.69, 9.17) is 10.5 Å². The van der Waals surface area contributed by atoms with Gasteiger partial charge >= 0.3 is 0 Å². The summed E-state index contributed by atoms with van der Waals surface area (Å²) < 4.78 is 5.36. The Morgan fingerprint density at radius 1 is 1.04 bits per heavy atom. The summed E-state index contributed by atoms with van der Waals surface area (Å²) in [6.45, 7) is 0.420. The lowest BCUT2D eigenvalue weighted by Gasteiger charge is -2.09. The van der Waals surface area contributed by atoms with Crippen LogP contribution < -0.4 is 15.8 Å². The van der Waals surface area contributed by atoms with Gasteiger partial charge in [0.05, 0.1) is 7.11 Å². The Bertz CT molecular complexity index is 681. The van der Waals surface area contributed by atoms with E-state index in [2.05, 4.69) is 5.32 Å². The molecule has 5 heteroatoms. The van der Waals surface area contributed by atoms with Crippen LogP contribution in [0.15, 0.2) is 48.5 Å².